The summed E-state index contributed by atoms with van der Waals surface area (Å²) in [5, 5.41) is 8.98. The Hall–Kier alpha value is -2.81. The summed E-state index contributed by atoms with van der Waals surface area (Å²) in [4.78, 5) is 12.1. The third kappa shape index (κ3) is 3.39. The van der Waals surface area contributed by atoms with E-state index >= 15 is 0 Å². The molecule has 6 heteroatoms. The standard InChI is InChI=1S/C15H8F3NO2/c16-15(17,18)12-4-1-3-10(7-12)14(20)11(9-19)8-13-5-2-6-21-13/h1-8H. The van der Waals surface area contributed by atoms with Crippen LogP contribution in [0.1, 0.15) is 21.7 Å². The first-order chi connectivity index (χ1) is 9.91. The molecule has 0 aliphatic rings. The lowest BCUT2D eigenvalue weighted by Crippen LogP contribution is -2.08. The van der Waals surface area contributed by atoms with Gasteiger partial charge in [0.25, 0.3) is 0 Å². The van der Waals surface area contributed by atoms with Crippen molar-refractivity contribution < 1.29 is 22.4 Å². The van der Waals surface area contributed by atoms with E-state index in [0.717, 1.165) is 18.2 Å². The van der Waals surface area contributed by atoms with Crippen LogP contribution >= 0.6 is 0 Å². The zero-order valence-electron chi connectivity index (χ0n) is 10.5. The Balaban J connectivity index is 2.38. The molecule has 0 spiro atoms. The van der Waals surface area contributed by atoms with Crippen molar-refractivity contribution in [3.63, 3.8) is 0 Å². The summed E-state index contributed by atoms with van der Waals surface area (Å²) >= 11 is 0. The van der Waals surface area contributed by atoms with Gasteiger partial charge in [-0.1, -0.05) is 12.1 Å². The lowest BCUT2D eigenvalue weighted by atomic mass is 10.0. The van der Waals surface area contributed by atoms with Gasteiger partial charge in [0.15, 0.2) is 0 Å². The number of alkyl halides is 3. The number of carbonyl (C=O) groups excluding carboxylic acids is 1. The molecule has 2 aromatic rings. The van der Waals surface area contributed by atoms with Crippen molar-refractivity contribution in [2.24, 2.45) is 0 Å². The van der Waals surface area contributed by atoms with Crippen LogP contribution in [0, 0.1) is 11.3 Å². The fourth-order valence-corrected chi connectivity index (χ4v) is 1.66. The van der Waals surface area contributed by atoms with Crippen molar-refractivity contribution in [3.05, 3.63) is 65.1 Å². The Morgan fingerprint density at radius 1 is 1.24 bits per heavy atom. The van der Waals surface area contributed by atoms with Crippen LogP contribution < -0.4 is 0 Å². The smallest absolute Gasteiger partial charge is 0.416 e. The molecule has 0 aliphatic heterocycles. The predicted molar refractivity (Wildman–Crippen MR) is 68.1 cm³/mol. The first kappa shape index (κ1) is 14.6. The maximum absolute atomic E-state index is 12.6. The molecule has 0 radical (unpaired) electrons. The molecule has 0 aliphatic carbocycles. The summed E-state index contributed by atoms with van der Waals surface area (Å²) in [6.45, 7) is 0. The number of benzene rings is 1. The fraction of sp³-hybridized carbons (Fsp3) is 0.0667. The van der Waals surface area contributed by atoms with E-state index in [-0.39, 0.29) is 16.9 Å². The van der Waals surface area contributed by atoms with Crippen LogP contribution in [0.3, 0.4) is 0 Å². The average molecular weight is 291 g/mol. The van der Waals surface area contributed by atoms with Crippen LogP contribution in [0.25, 0.3) is 6.08 Å². The summed E-state index contributed by atoms with van der Waals surface area (Å²) in [5.74, 6) is -0.521. The normalized spacial score (nSPS) is 12.0. The highest BCUT2D eigenvalue weighted by Gasteiger charge is 2.31. The minimum absolute atomic E-state index is 0.204. The molecule has 0 saturated carbocycles. The Bertz CT molecular complexity index is 722. The van der Waals surface area contributed by atoms with Crippen LogP contribution in [0.5, 0.6) is 0 Å². The van der Waals surface area contributed by atoms with E-state index in [0.29, 0.717) is 0 Å². The molecule has 1 heterocycles. The highest BCUT2D eigenvalue weighted by molar-refractivity contribution is 6.13. The van der Waals surface area contributed by atoms with Crippen LogP contribution in [-0.2, 0) is 6.18 Å². The third-order valence-corrected chi connectivity index (χ3v) is 2.65. The Labute approximate surface area is 117 Å². The molecule has 3 nitrogen and oxygen atoms in total. The molecule has 106 valence electrons. The largest absolute Gasteiger partial charge is 0.465 e. The number of carbonyl (C=O) groups is 1. The molecule has 2 rings (SSSR count). The van der Waals surface area contributed by atoms with Gasteiger partial charge in [0.2, 0.25) is 5.78 Å². The fourth-order valence-electron chi connectivity index (χ4n) is 1.66. The first-order valence-corrected chi connectivity index (χ1v) is 5.79. The van der Waals surface area contributed by atoms with Crippen LogP contribution in [0.4, 0.5) is 13.2 Å². The van der Waals surface area contributed by atoms with Gasteiger partial charge in [0.05, 0.1) is 11.8 Å². The van der Waals surface area contributed by atoms with Gasteiger partial charge in [-0.05, 0) is 24.3 Å². The number of nitrogens with zero attached hydrogens (tertiary/aromatic N) is 1. The predicted octanol–water partition coefficient (Wildman–Crippen LogP) is 4.09. The second-order valence-corrected chi connectivity index (χ2v) is 4.09. The number of nitriles is 1. The summed E-state index contributed by atoms with van der Waals surface area (Å²) in [6.07, 6.45) is -2.01. The monoisotopic (exact) mass is 291 g/mol. The van der Waals surface area contributed by atoms with Gasteiger partial charge in [-0.3, -0.25) is 4.79 Å². The van der Waals surface area contributed by atoms with Gasteiger partial charge in [0.1, 0.15) is 17.4 Å². The number of furan rings is 1. The van der Waals surface area contributed by atoms with Crippen LogP contribution in [0.2, 0.25) is 0 Å². The van der Waals surface area contributed by atoms with E-state index in [1.807, 2.05) is 0 Å². The van der Waals surface area contributed by atoms with Crippen LogP contribution in [0.15, 0.2) is 52.7 Å². The van der Waals surface area contributed by atoms with E-state index in [4.69, 9.17) is 9.68 Å². The maximum atomic E-state index is 12.6. The maximum Gasteiger partial charge on any atom is 0.416 e. The number of allylic oxidation sites excluding steroid dienone is 1. The second-order valence-electron chi connectivity index (χ2n) is 4.09. The van der Waals surface area contributed by atoms with E-state index in [1.165, 1.54) is 24.5 Å². The van der Waals surface area contributed by atoms with Crippen LogP contribution in [-0.4, -0.2) is 5.78 Å². The van der Waals surface area contributed by atoms with Crippen molar-refractivity contribution in [2.45, 2.75) is 6.18 Å². The quantitative estimate of drug-likeness (QED) is 0.486. The number of ketones is 1. The Kier molecular flexibility index (Phi) is 3.94. The molecular formula is C15H8F3NO2. The SMILES string of the molecule is N#CC(=Cc1ccco1)C(=O)c1cccc(C(F)(F)F)c1. The molecule has 0 atom stereocenters. The molecule has 0 N–H and O–H groups in total. The zero-order chi connectivity index (χ0) is 15.5. The van der Waals surface area contributed by atoms with Gasteiger partial charge in [-0.25, -0.2) is 0 Å². The highest BCUT2D eigenvalue weighted by Crippen LogP contribution is 2.30. The molecule has 1 aromatic carbocycles. The molecule has 21 heavy (non-hydrogen) atoms. The summed E-state index contributed by atoms with van der Waals surface area (Å²) in [5.41, 5.74) is -1.45. The van der Waals surface area contributed by atoms with Crippen molar-refractivity contribution in [1.29, 1.82) is 5.26 Å². The summed E-state index contributed by atoms with van der Waals surface area (Å²) < 4.78 is 42.8. The number of rotatable bonds is 3. The summed E-state index contributed by atoms with van der Waals surface area (Å²) in [7, 11) is 0. The average Bonchev–Trinajstić information content (AvgIpc) is 2.96. The molecule has 0 unspecified atom stereocenters. The number of Topliss-reactive ketones (excluding diaryl/α,β-unsaturated/α-hetero) is 1. The highest BCUT2D eigenvalue weighted by atomic mass is 19.4. The lowest BCUT2D eigenvalue weighted by molar-refractivity contribution is -0.137. The number of hydrogen-bond donors (Lipinski definition) is 0. The lowest BCUT2D eigenvalue weighted by Gasteiger charge is -2.07. The van der Waals surface area contributed by atoms with E-state index in [9.17, 15) is 18.0 Å². The molecule has 0 bridgehead atoms. The molecular weight excluding hydrogens is 283 g/mol. The minimum Gasteiger partial charge on any atom is -0.465 e. The number of halogens is 3. The second kappa shape index (κ2) is 5.67. The van der Waals surface area contributed by atoms with Crippen molar-refractivity contribution in [2.75, 3.05) is 0 Å². The van der Waals surface area contributed by atoms with E-state index in [2.05, 4.69) is 0 Å². The van der Waals surface area contributed by atoms with Gasteiger partial charge < -0.3 is 4.42 Å². The third-order valence-electron chi connectivity index (χ3n) is 2.65. The molecule has 0 fully saturated rings. The van der Waals surface area contributed by atoms with Gasteiger partial charge in [-0.2, -0.15) is 18.4 Å². The topological polar surface area (TPSA) is 54.0 Å². The molecule has 0 saturated heterocycles. The molecule has 0 amide bonds. The van der Waals surface area contributed by atoms with Gasteiger partial charge >= 0.3 is 6.18 Å². The zero-order valence-corrected chi connectivity index (χ0v) is 10.5. The first-order valence-electron chi connectivity index (χ1n) is 5.79. The van der Waals surface area contributed by atoms with Gasteiger partial charge in [0, 0.05) is 11.6 Å². The van der Waals surface area contributed by atoms with Crippen molar-refractivity contribution >= 4 is 11.9 Å². The minimum atomic E-state index is -4.55. The molecule has 1 aromatic heterocycles. The summed E-state index contributed by atoms with van der Waals surface area (Å²) in [6, 6.07) is 8.68. The van der Waals surface area contributed by atoms with Gasteiger partial charge in [-0.15, -0.1) is 0 Å². The van der Waals surface area contributed by atoms with Crippen molar-refractivity contribution in [1.82, 2.24) is 0 Å². The number of hydrogen-bond acceptors (Lipinski definition) is 3. The van der Waals surface area contributed by atoms with Crippen molar-refractivity contribution in [3.8, 4) is 6.07 Å². The van der Waals surface area contributed by atoms with E-state index < -0.39 is 17.5 Å². The van der Waals surface area contributed by atoms with E-state index in [1.54, 1.807) is 12.1 Å². The Morgan fingerprint density at radius 2 is 2.00 bits per heavy atom. The Morgan fingerprint density at radius 3 is 2.57 bits per heavy atom.